The molecule has 3 heteroatoms. The molecular weight excluding hydrogens is 120 g/mol. The van der Waals surface area contributed by atoms with Gasteiger partial charge in [-0.05, 0) is 12.3 Å². The number of thioether (sulfide) groups is 1. The number of hydrogen-bond donors (Lipinski definition) is 1. The number of hydrogen-bond acceptors (Lipinski definition) is 3. The third-order valence-corrected chi connectivity index (χ3v) is 1.57. The Morgan fingerprint density at radius 1 is 1.75 bits per heavy atom. The monoisotopic (exact) mass is 128 g/mol. The van der Waals surface area contributed by atoms with Crippen LogP contribution in [-0.2, 0) is 0 Å². The van der Waals surface area contributed by atoms with Crippen LogP contribution >= 0.6 is 11.8 Å². The molecule has 1 rings (SSSR count). The summed E-state index contributed by atoms with van der Waals surface area (Å²) in [4.78, 5) is 4.09. The van der Waals surface area contributed by atoms with Gasteiger partial charge in [0.15, 0.2) is 5.50 Å². The van der Waals surface area contributed by atoms with Crippen molar-refractivity contribution in [1.82, 2.24) is 5.32 Å². The van der Waals surface area contributed by atoms with Crippen LogP contribution in [0.4, 0.5) is 0 Å². The Balaban J connectivity index is 2.40. The van der Waals surface area contributed by atoms with E-state index in [1.165, 1.54) is 0 Å². The van der Waals surface area contributed by atoms with E-state index in [4.69, 9.17) is 0 Å². The van der Waals surface area contributed by atoms with Crippen molar-refractivity contribution in [1.29, 1.82) is 0 Å². The lowest BCUT2D eigenvalue weighted by Crippen LogP contribution is -2.19. The Bertz CT molecular complexity index is 120. The van der Waals surface area contributed by atoms with Crippen molar-refractivity contribution in [2.75, 3.05) is 6.26 Å². The number of nitrogens with one attached hydrogen (secondary N) is 1. The average Bonchev–Trinajstić information content (AvgIpc) is 1.90. The van der Waals surface area contributed by atoms with Crippen molar-refractivity contribution in [3.05, 3.63) is 12.3 Å². The van der Waals surface area contributed by atoms with Crippen LogP contribution in [-0.4, -0.2) is 18.0 Å². The second-order valence-corrected chi connectivity index (χ2v) is 2.33. The molecule has 1 atom stereocenters. The number of nitrogens with zero attached hydrogens (tertiary/aromatic N) is 1. The highest BCUT2D eigenvalue weighted by Gasteiger charge is 1.98. The summed E-state index contributed by atoms with van der Waals surface area (Å²) in [6, 6.07) is 0. The SMILES string of the molecule is CSC1N=CC=CN1. The average molecular weight is 128 g/mol. The minimum Gasteiger partial charge on any atom is -0.361 e. The van der Waals surface area contributed by atoms with Crippen LogP contribution in [0.5, 0.6) is 0 Å². The van der Waals surface area contributed by atoms with Crippen LogP contribution in [0.2, 0.25) is 0 Å². The number of allylic oxidation sites excluding steroid dienone is 1. The minimum absolute atomic E-state index is 0.236. The smallest absolute Gasteiger partial charge is 0.165 e. The van der Waals surface area contributed by atoms with E-state index in [2.05, 4.69) is 10.3 Å². The van der Waals surface area contributed by atoms with Crippen molar-refractivity contribution < 1.29 is 0 Å². The molecule has 0 aromatic heterocycles. The molecule has 0 amide bonds. The summed E-state index contributed by atoms with van der Waals surface area (Å²) in [5.74, 6) is 0. The maximum absolute atomic E-state index is 4.09. The largest absolute Gasteiger partial charge is 0.361 e. The molecule has 0 fully saturated rings. The summed E-state index contributed by atoms with van der Waals surface area (Å²) in [5, 5.41) is 3.05. The molecule has 1 heterocycles. The molecule has 0 aromatic carbocycles. The Hall–Kier alpha value is -0.440. The first-order valence-corrected chi connectivity index (χ1v) is 3.69. The van der Waals surface area contributed by atoms with E-state index in [0.29, 0.717) is 0 Å². The zero-order valence-electron chi connectivity index (χ0n) is 4.66. The lowest BCUT2D eigenvalue weighted by atomic mass is 10.6. The Morgan fingerprint density at radius 2 is 2.62 bits per heavy atom. The van der Waals surface area contributed by atoms with Gasteiger partial charge >= 0.3 is 0 Å². The molecule has 0 saturated heterocycles. The van der Waals surface area contributed by atoms with Gasteiger partial charge in [-0.1, -0.05) is 0 Å². The third kappa shape index (κ3) is 1.26. The van der Waals surface area contributed by atoms with Crippen LogP contribution in [0.15, 0.2) is 17.3 Å². The molecule has 44 valence electrons. The van der Waals surface area contributed by atoms with Gasteiger partial charge in [0.1, 0.15) is 0 Å². The summed E-state index contributed by atoms with van der Waals surface area (Å²) in [6.45, 7) is 0. The van der Waals surface area contributed by atoms with E-state index in [1.807, 2.05) is 18.5 Å². The number of aliphatic imine (C=N–C) groups is 1. The van der Waals surface area contributed by atoms with Crippen LogP contribution in [0.25, 0.3) is 0 Å². The van der Waals surface area contributed by atoms with Gasteiger partial charge in [0.2, 0.25) is 0 Å². The molecule has 0 radical (unpaired) electrons. The highest BCUT2D eigenvalue weighted by molar-refractivity contribution is 7.99. The normalized spacial score (nSPS) is 25.4. The van der Waals surface area contributed by atoms with Crippen molar-refractivity contribution >= 4 is 18.0 Å². The fraction of sp³-hybridized carbons (Fsp3) is 0.400. The van der Waals surface area contributed by atoms with E-state index in [9.17, 15) is 0 Å². The lowest BCUT2D eigenvalue weighted by Gasteiger charge is -2.10. The summed E-state index contributed by atoms with van der Waals surface area (Å²) in [6.07, 6.45) is 7.60. The molecule has 1 N–H and O–H groups in total. The van der Waals surface area contributed by atoms with Gasteiger partial charge in [-0.2, -0.15) is 0 Å². The standard InChI is InChI=1S/C5H8N2S/c1-8-5-6-3-2-4-7-5/h2-6H,1H3. The first-order valence-electron chi connectivity index (χ1n) is 2.40. The molecule has 1 unspecified atom stereocenters. The van der Waals surface area contributed by atoms with E-state index < -0.39 is 0 Å². The van der Waals surface area contributed by atoms with Crippen molar-refractivity contribution in [2.45, 2.75) is 5.50 Å². The minimum atomic E-state index is 0.236. The molecule has 2 nitrogen and oxygen atoms in total. The second-order valence-electron chi connectivity index (χ2n) is 1.41. The predicted molar refractivity (Wildman–Crippen MR) is 38.1 cm³/mol. The van der Waals surface area contributed by atoms with Crippen molar-refractivity contribution in [3.63, 3.8) is 0 Å². The van der Waals surface area contributed by atoms with Gasteiger partial charge in [0, 0.05) is 12.4 Å². The van der Waals surface area contributed by atoms with E-state index in [1.54, 1.807) is 18.0 Å². The fourth-order valence-electron chi connectivity index (χ4n) is 0.481. The van der Waals surface area contributed by atoms with Crippen molar-refractivity contribution in [2.24, 2.45) is 4.99 Å². The molecule has 1 aliphatic rings. The topological polar surface area (TPSA) is 24.4 Å². The number of rotatable bonds is 1. The van der Waals surface area contributed by atoms with Crippen LogP contribution in [0.3, 0.4) is 0 Å². The molecule has 0 aliphatic carbocycles. The van der Waals surface area contributed by atoms with Gasteiger partial charge in [0.25, 0.3) is 0 Å². The molecule has 8 heavy (non-hydrogen) atoms. The van der Waals surface area contributed by atoms with Gasteiger partial charge in [-0.3, -0.25) is 4.99 Å². The highest BCUT2D eigenvalue weighted by atomic mass is 32.2. The quantitative estimate of drug-likeness (QED) is 0.565. The summed E-state index contributed by atoms with van der Waals surface area (Å²) < 4.78 is 0. The Morgan fingerprint density at radius 3 is 3.00 bits per heavy atom. The third-order valence-electron chi connectivity index (χ3n) is 0.866. The molecule has 0 spiro atoms. The second kappa shape index (κ2) is 2.77. The predicted octanol–water partition coefficient (Wildman–Crippen LogP) is 0.821. The summed E-state index contributed by atoms with van der Waals surface area (Å²) >= 11 is 1.69. The Labute approximate surface area is 53.1 Å². The van der Waals surface area contributed by atoms with Crippen molar-refractivity contribution in [3.8, 4) is 0 Å². The first kappa shape index (κ1) is 5.69. The molecule has 1 aliphatic heterocycles. The zero-order chi connectivity index (χ0) is 5.82. The van der Waals surface area contributed by atoms with Crippen LogP contribution in [0.1, 0.15) is 0 Å². The van der Waals surface area contributed by atoms with E-state index >= 15 is 0 Å². The van der Waals surface area contributed by atoms with Gasteiger partial charge in [-0.25, -0.2) is 0 Å². The molecular formula is C5H8N2S. The molecule has 0 bridgehead atoms. The lowest BCUT2D eigenvalue weighted by molar-refractivity contribution is 0.819. The molecule has 0 saturated carbocycles. The van der Waals surface area contributed by atoms with Gasteiger partial charge in [0.05, 0.1) is 0 Å². The first-order chi connectivity index (χ1) is 3.93. The van der Waals surface area contributed by atoms with Crippen LogP contribution in [0, 0.1) is 0 Å². The Kier molecular flexibility index (Phi) is 1.97. The van der Waals surface area contributed by atoms with Gasteiger partial charge < -0.3 is 5.32 Å². The summed E-state index contributed by atoms with van der Waals surface area (Å²) in [7, 11) is 0. The maximum atomic E-state index is 4.09. The maximum Gasteiger partial charge on any atom is 0.165 e. The molecule has 0 aromatic rings. The highest BCUT2D eigenvalue weighted by Crippen LogP contribution is 2.04. The van der Waals surface area contributed by atoms with Gasteiger partial charge in [-0.15, -0.1) is 11.8 Å². The van der Waals surface area contributed by atoms with E-state index in [-0.39, 0.29) is 5.50 Å². The fourth-order valence-corrected chi connectivity index (χ4v) is 0.887. The summed E-state index contributed by atoms with van der Waals surface area (Å²) in [5.41, 5.74) is 0.236. The van der Waals surface area contributed by atoms with Crippen LogP contribution < -0.4 is 5.32 Å². The van der Waals surface area contributed by atoms with E-state index in [0.717, 1.165) is 0 Å². The zero-order valence-corrected chi connectivity index (χ0v) is 5.48.